The summed E-state index contributed by atoms with van der Waals surface area (Å²) in [6, 6.07) is 5.88. The summed E-state index contributed by atoms with van der Waals surface area (Å²) in [5.74, 6) is 0.304. The highest BCUT2D eigenvalue weighted by atomic mass is 35.5. The number of allylic oxidation sites excluding steroid dienone is 1. The molecule has 4 rings (SSSR count). The third-order valence-electron chi connectivity index (χ3n) is 5.08. The molecule has 1 aromatic rings. The van der Waals surface area contributed by atoms with Gasteiger partial charge in [0.2, 0.25) is 0 Å². The summed E-state index contributed by atoms with van der Waals surface area (Å²) in [5.41, 5.74) is 2.28. The van der Waals surface area contributed by atoms with E-state index in [-0.39, 0.29) is 24.4 Å². The Morgan fingerprint density at radius 3 is 2.70 bits per heavy atom. The minimum Gasteiger partial charge on any atom is -0.390 e. The molecular formula is C18H19Cl2NO2. The van der Waals surface area contributed by atoms with Gasteiger partial charge in [0.15, 0.2) is 0 Å². The predicted molar refractivity (Wildman–Crippen MR) is 93.0 cm³/mol. The van der Waals surface area contributed by atoms with Gasteiger partial charge in [-0.3, -0.25) is 0 Å². The Morgan fingerprint density at radius 2 is 2.04 bits per heavy atom. The Morgan fingerprint density at radius 1 is 1.22 bits per heavy atom. The Kier molecular flexibility index (Phi) is 3.93. The Hall–Kier alpha value is -1.000. The largest absolute Gasteiger partial charge is 0.390 e. The molecule has 0 spiro atoms. The number of ether oxygens (including phenoxy) is 1. The van der Waals surface area contributed by atoms with Gasteiger partial charge in [0.25, 0.3) is 0 Å². The zero-order valence-electron chi connectivity index (χ0n) is 12.8. The van der Waals surface area contributed by atoms with Crippen LogP contribution in [0.25, 0.3) is 0 Å². The van der Waals surface area contributed by atoms with Crippen molar-refractivity contribution in [3.8, 4) is 0 Å². The lowest BCUT2D eigenvalue weighted by molar-refractivity contribution is 0.0394. The maximum Gasteiger partial charge on any atom is 0.0907 e. The van der Waals surface area contributed by atoms with E-state index in [9.17, 15) is 5.11 Å². The molecule has 3 aliphatic heterocycles. The van der Waals surface area contributed by atoms with Crippen LogP contribution in [0.15, 0.2) is 42.1 Å². The normalized spacial score (nSPS) is 35.7. The van der Waals surface area contributed by atoms with Crippen LogP contribution < -0.4 is 4.90 Å². The molecule has 2 bridgehead atoms. The number of aliphatic hydroxyl groups excluding tert-OH is 1. The van der Waals surface area contributed by atoms with E-state index in [2.05, 4.69) is 30.2 Å². The fourth-order valence-electron chi connectivity index (χ4n) is 3.96. The number of benzene rings is 1. The van der Waals surface area contributed by atoms with E-state index in [1.54, 1.807) is 0 Å². The Balaban J connectivity index is 1.55. The van der Waals surface area contributed by atoms with Gasteiger partial charge < -0.3 is 14.7 Å². The maximum atomic E-state index is 10.1. The number of rotatable bonds is 2. The fraction of sp³-hybridized carbons (Fsp3) is 0.444. The van der Waals surface area contributed by atoms with E-state index >= 15 is 0 Å². The first kappa shape index (κ1) is 15.5. The Labute approximate surface area is 146 Å². The summed E-state index contributed by atoms with van der Waals surface area (Å²) in [6.45, 7) is 2.15. The van der Waals surface area contributed by atoms with Crippen molar-refractivity contribution in [3.05, 3.63) is 52.2 Å². The number of fused-ring (bicyclic) bond motifs is 2. The average Bonchev–Trinajstić information content (AvgIpc) is 3.09. The van der Waals surface area contributed by atoms with Crippen molar-refractivity contribution in [2.45, 2.75) is 44.1 Å². The van der Waals surface area contributed by atoms with Gasteiger partial charge in [0.05, 0.1) is 28.4 Å². The van der Waals surface area contributed by atoms with Gasteiger partial charge in [-0.05, 0) is 43.2 Å². The minimum atomic E-state index is -0.323. The highest BCUT2D eigenvalue weighted by Gasteiger charge is 2.48. The standard InChI is InChI=1S/C18H19Cl2NO2/c1-10-6-11(14-8-13-9-17(22)18(14)23-13)4-5-21(10)12-2-3-15(19)16(20)7-12/h2-7,10,13-14,17-18,22H,8-9H2,1H3/t10-,13-,14+,17+,18-/m1/s1. The Bertz CT molecular complexity index is 688. The van der Waals surface area contributed by atoms with Crippen LogP contribution in [0.2, 0.25) is 10.0 Å². The molecule has 3 aliphatic rings. The van der Waals surface area contributed by atoms with E-state index in [1.807, 2.05) is 18.2 Å². The molecule has 5 atom stereocenters. The van der Waals surface area contributed by atoms with Gasteiger partial charge in [-0.15, -0.1) is 0 Å². The van der Waals surface area contributed by atoms with Crippen LogP contribution in [0.3, 0.4) is 0 Å². The van der Waals surface area contributed by atoms with E-state index in [4.69, 9.17) is 27.9 Å². The molecule has 5 heteroatoms. The van der Waals surface area contributed by atoms with Crippen molar-refractivity contribution >= 4 is 28.9 Å². The quantitative estimate of drug-likeness (QED) is 0.867. The third kappa shape index (κ3) is 2.70. The van der Waals surface area contributed by atoms with Crippen LogP contribution in [0.1, 0.15) is 19.8 Å². The van der Waals surface area contributed by atoms with Gasteiger partial charge in [-0.1, -0.05) is 29.3 Å². The minimum absolute atomic E-state index is 0.0420. The molecule has 0 aromatic heterocycles. The lowest BCUT2D eigenvalue weighted by Gasteiger charge is -2.33. The fourth-order valence-corrected chi connectivity index (χ4v) is 4.25. The zero-order valence-corrected chi connectivity index (χ0v) is 14.3. The highest BCUT2D eigenvalue weighted by molar-refractivity contribution is 6.42. The second-order valence-electron chi connectivity index (χ2n) is 6.60. The molecule has 0 aliphatic carbocycles. The highest BCUT2D eigenvalue weighted by Crippen LogP contribution is 2.44. The molecular weight excluding hydrogens is 333 g/mol. The molecule has 3 heterocycles. The molecule has 0 amide bonds. The number of nitrogens with zero attached hydrogens (tertiary/aromatic N) is 1. The molecule has 1 aromatic carbocycles. The summed E-state index contributed by atoms with van der Waals surface area (Å²) in [4.78, 5) is 2.16. The van der Waals surface area contributed by atoms with Gasteiger partial charge >= 0.3 is 0 Å². The van der Waals surface area contributed by atoms with Crippen LogP contribution in [-0.4, -0.2) is 29.5 Å². The van der Waals surface area contributed by atoms with Crippen molar-refractivity contribution in [1.82, 2.24) is 0 Å². The summed E-state index contributed by atoms with van der Waals surface area (Å²) < 4.78 is 5.86. The summed E-state index contributed by atoms with van der Waals surface area (Å²) in [5, 5.41) is 11.2. The van der Waals surface area contributed by atoms with E-state index < -0.39 is 0 Å². The van der Waals surface area contributed by atoms with Crippen molar-refractivity contribution < 1.29 is 9.84 Å². The number of hydrogen-bond donors (Lipinski definition) is 1. The van der Waals surface area contributed by atoms with Gasteiger partial charge in [0, 0.05) is 30.3 Å². The van der Waals surface area contributed by atoms with Crippen LogP contribution in [0.4, 0.5) is 5.69 Å². The van der Waals surface area contributed by atoms with Crippen molar-refractivity contribution in [1.29, 1.82) is 0 Å². The number of halogens is 2. The summed E-state index contributed by atoms with van der Waals surface area (Å²) in [7, 11) is 0. The first-order chi connectivity index (χ1) is 11.0. The molecule has 2 saturated heterocycles. The van der Waals surface area contributed by atoms with Gasteiger partial charge in [-0.2, -0.15) is 0 Å². The third-order valence-corrected chi connectivity index (χ3v) is 5.82. The summed E-state index contributed by atoms with van der Waals surface area (Å²) in [6.07, 6.45) is 8.11. The first-order valence-corrected chi connectivity index (χ1v) is 8.75. The molecule has 2 fully saturated rings. The van der Waals surface area contributed by atoms with E-state index in [0.717, 1.165) is 18.5 Å². The second kappa shape index (κ2) is 5.82. The lowest BCUT2D eigenvalue weighted by atomic mass is 9.81. The molecule has 122 valence electrons. The van der Waals surface area contributed by atoms with Crippen molar-refractivity contribution in [2.75, 3.05) is 4.90 Å². The second-order valence-corrected chi connectivity index (χ2v) is 7.41. The zero-order chi connectivity index (χ0) is 16.1. The summed E-state index contributed by atoms with van der Waals surface area (Å²) >= 11 is 12.1. The van der Waals surface area contributed by atoms with E-state index in [1.165, 1.54) is 5.57 Å². The van der Waals surface area contributed by atoms with E-state index in [0.29, 0.717) is 16.0 Å². The predicted octanol–water partition coefficient (Wildman–Crippen LogP) is 4.18. The maximum absolute atomic E-state index is 10.1. The lowest BCUT2D eigenvalue weighted by Crippen LogP contribution is -2.34. The SMILES string of the molecule is C[C@@H]1C=C([C@@H]2C[C@@H]3C[C@H](O)[C@@H]2O3)C=CN1c1ccc(Cl)c(Cl)c1. The van der Waals surface area contributed by atoms with Gasteiger partial charge in [-0.25, -0.2) is 0 Å². The average molecular weight is 352 g/mol. The number of hydrogen-bond acceptors (Lipinski definition) is 3. The van der Waals surface area contributed by atoms with Gasteiger partial charge in [0.1, 0.15) is 0 Å². The van der Waals surface area contributed by atoms with Crippen LogP contribution in [-0.2, 0) is 4.74 Å². The monoisotopic (exact) mass is 351 g/mol. The van der Waals surface area contributed by atoms with Crippen LogP contribution in [0.5, 0.6) is 0 Å². The molecule has 0 saturated carbocycles. The van der Waals surface area contributed by atoms with Crippen molar-refractivity contribution in [3.63, 3.8) is 0 Å². The first-order valence-electron chi connectivity index (χ1n) is 8.00. The van der Waals surface area contributed by atoms with Crippen LogP contribution >= 0.6 is 23.2 Å². The molecule has 23 heavy (non-hydrogen) atoms. The smallest absolute Gasteiger partial charge is 0.0907 e. The molecule has 3 nitrogen and oxygen atoms in total. The molecule has 1 N–H and O–H groups in total. The topological polar surface area (TPSA) is 32.7 Å². The molecule has 0 radical (unpaired) electrons. The number of anilines is 1. The van der Waals surface area contributed by atoms with Crippen molar-refractivity contribution in [2.24, 2.45) is 5.92 Å². The van der Waals surface area contributed by atoms with Crippen LogP contribution in [0, 0.1) is 5.92 Å². The number of aliphatic hydroxyl groups is 1. The molecule has 0 unspecified atom stereocenters.